The molecular weight excluding hydrogens is 380 g/mol. The van der Waals surface area contributed by atoms with Gasteiger partial charge in [0, 0.05) is 6.54 Å². The molecule has 3 rings (SSSR count). The molecule has 7 nitrogen and oxygen atoms in total. The Labute approximate surface area is 167 Å². The fourth-order valence-electron chi connectivity index (χ4n) is 3.01. The highest BCUT2D eigenvalue weighted by molar-refractivity contribution is 6.20. The van der Waals surface area contributed by atoms with Crippen LogP contribution in [0, 0.1) is 0 Å². The summed E-state index contributed by atoms with van der Waals surface area (Å²) < 4.78 is 6.71. The van der Waals surface area contributed by atoms with Crippen LogP contribution in [0.15, 0.2) is 41.3 Å². The number of esters is 1. The summed E-state index contributed by atoms with van der Waals surface area (Å²) >= 11 is 6.54. The van der Waals surface area contributed by atoms with Crippen molar-refractivity contribution < 1.29 is 9.53 Å². The lowest BCUT2D eigenvalue weighted by Crippen LogP contribution is -2.23. The Hall–Kier alpha value is -2.80. The highest BCUT2D eigenvalue weighted by Gasteiger charge is 2.23. The Morgan fingerprint density at radius 3 is 2.75 bits per heavy atom. The number of alkyl halides is 1. The summed E-state index contributed by atoms with van der Waals surface area (Å²) in [6.45, 7) is 4.87. The van der Waals surface area contributed by atoms with Gasteiger partial charge in [0.25, 0.3) is 5.56 Å². The Morgan fingerprint density at radius 2 is 2.07 bits per heavy atom. The number of pyridine rings is 1. The molecule has 0 bridgehead atoms. The topological polar surface area (TPSA) is 89.0 Å². The van der Waals surface area contributed by atoms with Crippen molar-refractivity contribution >= 4 is 34.3 Å². The number of rotatable bonds is 8. The molecule has 1 aromatic carbocycles. The molecule has 0 amide bonds. The highest BCUT2D eigenvalue weighted by Crippen LogP contribution is 2.27. The minimum absolute atomic E-state index is 0.0344. The molecule has 8 heteroatoms. The molecule has 0 saturated carbocycles. The summed E-state index contributed by atoms with van der Waals surface area (Å²) in [5.41, 5.74) is 1.36. The number of aromatic amines is 1. The number of halogens is 1. The van der Waals surface area contributed by atoms with E-state index < -0.39 is 11.5 Å². The number of aromatic nitrogens is 3. The molecule has 2 heterocycles. The van der Waals surface area contributed by atoms with Crippen LogP contribution in [0.2, 0.25) is 0 Å². The second-order valence-corrected chi connectivity index (χ2v) is 6.85. The molecule has 0 aliphatic rings. The van der Waals surface area contributed by atoms with Crippen LogP contribution in [-0.4, -0.2) is 33.9 Å². The zero-order valence-corrected chi connectivity index (χ0v) is 16.6. The number of anilines is 1. The van der Waals surface area contributed by atoms with E-state index in [0.29, 0.717) is 29.8 Å². The van der Waals surface area contributed by atoms with Gasteiger partial charge in [-0.25, -0.2) is 9.48 Å². The van der Waals surface area contributed by atoms with Gasteiger partial charge in [-0.05, 0) is 18.9 Å². The first kappa shape index (κ1) is 19.9. The fraction of sp³-hybridized carbons (Fsp3) is 0.350. The minimum Gasteiger partial charge on any atom is -0.462 e. The normalized spacial score (nSPS) is 12.1. The Balaban J connectivity index is 2.05. The summed E-state index contributed by atoms with van der Waals surface area (Å²) in [5.74, 6) is -0.656. The first-order valence-corrected chi connectivity index (χ1v) is 9.72. The standard InChI is InChI=1S/C20H23ClN4O3/c1-3-10-22-17-14-11-23-25(12-15(21)13-8-6-5-7-9-13)18(14)24-19(26)16(17)20(27)28-4-2/h5-9,11,15H,3-4,10,12H2,1-2H3,(H2,22,24,26). The smallest absolute Gasteiger partial charge is 0.345 e. The van der Waals surface area contributed by atoms with Gasteiger partial charge in [0.15, 0.2) is 0 Å². The third-order valence-electron chi connectivity index (χ3n) is 4.34. The van der Waals surface area contributed by atoms with Gasteiger partial charge < -0.3 is 15.0 Å². The quantitative estimate of drug-likeness (QED) is 0.443. The number of benzene rings is 1. The first-order chi connectivity index (χ1) is 13.6. The molecule has 0 saturated heterocycles. The van der Waals surface area contributed by atoms with Crippen molar-refractivity contribution in [3.05, 3.63) is 58.0 Å². The summed E-state index contributed by atoms with van der Waals surface area (Å²) in [7, 11) is 0. The van der Waals surface area contributed by atoms with E-state index in [-0.39, 0.29) is 17.5 Å². The summed E-state index contributed by atoms with van der Waals surface area (Å²) in [4.78, 5) is 27.8. The van der Waals surface area contributed by atoms with E-state index in [9.17, 15) is 9.59 Å². The van der Waals surface area contributed by atoms with Gasteiger partial charge in [0.2, 0.25) is 0 Å². The molecule has 3 aromatic rings. The van der Waals surface area contributed by atoms with E-state index in [2.05, 4.69) is 15.4 Å². The molecule has 0 aliphatic carbocycles. The maximum absolute atomic E-state index is 12.7. The number of fused-ring (bicyclic) bond motifs is 1. The van der Waals surface area contributed by atoms with E-state index in [1.54, 1.807) is 17.8 Å². The second kappa shape index (κ2) is 8.93. The zero-order valence-electron chi connectivity index (χ0n) is 15.9. The van der Waals surface area contributed by atoms with Gasteiger partial charge in [-0.3, -0.25) is 4.79 Å². The Kier molecular flexibility index (Phi) is 6.36. The monoisotopic (exact) mass is 402 g/mol. The van der Waals surface area contributed by atoms with Crippen LogP contribution < -0.4 is 10.9 Å². The lowest BCUT2D eigenvalue weighted by molar-refractivity contribution is 0.0525. The molecule has 2 aromatic heterocycles. The molecule has 28 heavy (non-hydrogen) atoms. The molecule has 0 spiro atoms. The average Bonchev–Trinajstić information content (AvgIpc) is 3.08. The maximum atomic E-state index is 12.7. The average molecular weight is 403 g/mol. The van der Waals surface area contributed by atoms with Crippen LogP contribution in [-0.2, 0) is 11.3 Å². The predicted molar refractivity (Wildman–Crippen MR) is 110 cm³/mol. The number of carbonyl (C=O) groups excluding carboxylic acids is 1. The lowest BCUT2D eigenvalue weighted by Gasteiger charge is -2.13. The van der Waals surface area contributed by atoms with Crippen molar-refractivity contribution in [2.75, 3.05) is 18.5 Å². The van der Waals surface area contributed by atoms with Crippen LogP contribution in [0.5, 0.6) is 0 Å². The highest BCUT2D eigenvalue weighted by atomic mass is 35.5. The SMILES string of the molecule is CCCNc1c(C(=O)OCC)c(=O)[nH]c2c1cnn2CC(Cl)c1ccccc1. The van der Waals surface area contributed by atoms with E-state index in [0.717, 1.165) is 12.0 Å². The molecular formula is C20H23ClN4O3. The summed E-state index contributed by atoms with van der Waals surface area (Å²) in [5, 5.41) is 7.90. The number of H-pyrrole nitrogens is 1. The van der Waals surface area contributed by atoms with Crippen molar-refractivity contribution in [2.45, 2.75) is 32.2 Å². The van der Waals surface area contributed by atoms with Crippen LogP contribution >= 0.6 is 11.6 Å². The van der Waals surface area contributed by atoms with Crippen LogP contribution in [0.1, 0.15) is 41.6 Å². The number of nitrogens with one attached hydrogen (secondary N) is 2. The van der Waals surface area contributed by atoms with E-state index >= 15 is 0 Å². The molecule has 2 N–H and O–H groups in total. The van der Waals surface area contributed by atoms with E-state index in [4.69, 9.17) is 16.3 Å². The van der Waals surface area contributed by atoms with Gasteiger partial charge in [0.05, 0.1) is 35.8 Å². The Morgan fingerprint density at radius 1 is 1.32 bits per heavy atom. The predicted octanol–water partition coefficient (Wildman–Crippen LogP) is 3.70. The zero-order chi connectivity index (χ0) is 20.1. The summed E-state index contributed by atoms with van der Waals surface area (Å²) in [6.07, 6.45) is 2.46. The third kappa shape index (κ3) is 4.04. The van der Waals surface area contributed by atoms with Crippen LogP contribution in [0.25, 0.3) is 11.0 Å². The largest absolute Gasteiger partial charge is 0.462 e. The number of carbonyl (C=O) groups is 1. The number of hydrogen-bond acceptors (Lipinski definition) is 5. The molecule has 1 unspecified atom stereocenters. The maximum Gasteiger partial charge on any atom is 0.345 e. The molecule has 0 aliphatic heterocycles. The van der Waals surface area contributed by atoms with Gasteiger partial charge in [0.1, 0.15) is 11.2 Å². The van der Waals surface area contributed by atoms with Crippen LogP contribution in [0.4, 0.5) is 5.69 Å². The van der Waals surface area contributed by atoms with Crippen LogP contribution in [0.3, 0.4) is 0 Å². The number of ether oxygens (including phenoxy) is 1. The minimum atomic E-state index is -0.656. The lowest BCUT2D eigenvalue weighted by atomic mass is 10.1. The molecule has 0 fully saturated rings. The van der Waals surface area contributed by atoms with E-state index in [1.165, 1.54) is 0 Å². The van der Waals surface area contributed by atoms with Crippen molar-refractivity contribution in [3.8, 4) is 0 Å². The van der Waals surface area contributed by atoms with Gasteiger partial charge >= 0.3 is 5.97 Å². The van der Waals surface area contributed by atoms with Gasteiger partial charge in [-0.15, -0.1) is 11.6 Å². The number of hydrogen-bond donors (Lipinski definition) is 2. The van der Waals surface area contributed by atoms with Gasteiger partial charge in [-0.1, -0.05) is 37.3 Å². The van der Waals surface area contributed by atoms with Crippen molar-refractivity contribution in [3.63, 3.8) is 0 Å². The summed E-state index contributed by atoms with van der Waals surface area (Å²) in [6, 6.07) is 9.66. The van der Waals surface area contributed by atoms with Crippen molar-refractivity contribution in [1.82, 2.24) is 14.8 Å². The van der Waals surface area contributed by atoms with Gasteiger partial charge in [-0.2, -0.15) is 5.10 Å². The first-order valence-electron chi connectivity index (χ1n) is 9.28. The van der Waals surface area contributed by atoms with Crippen molar-refractivity contribution in [2.24, 2.45) is 0 Å². The fourth-order valence-corrected chi connectivity index (χ4v) is 3.28. The van der Waals surface area contributed by atoms with Crippen molar-refractivity contribution in [1.29, 1.82) is 0 Å². The number of nitrogens with zero attached hydrogens (tertiary/aromatic N) is 2. The second-order valence-electron chi connectivity index (χ2n) is 6.32. The Bertz CT molecular complexity index is 1010. The van der Waals surface area contributed by atoms with E-state index in [1.807, 2.05) is 37.3 Å². The third-order valence-corrected chi connectivity index (χ3v) is 4.73. The molecule has 0 radical (unpaired) electrons. The molecule has 1 atom stereocenters. The molecule has 148 valence electrons.